The lowest BCUT2D eigenvalue weighted by molar-refractivity contribution is 0.157. The number of nitrogens with one attached hydrogen (secondary N) is 1. The smallest absolute Gasteiger partial charge is 0.322 e. The number of ether oxygens (including phenoxy) is 3. The molecule has 0 spiro atoms. The number of nitrogens with zero attached hydrogens (tertiary/aromatic N) is 1. The van der Waals surface area contributed by atoms with Gasteiger partial charge < -0.3 is 24.4 Å². The second-order valence-corrected chi connectivity index (χ2v) is 11.6. The van der Waals surface area contributed by atoms with Gasteiger partial charge in [-0.25, -0.2) is 4.79 Å². The highest BCUT2D eigenvalue weighted by molar-refractivity contribution is 5.91. The molecule has 41 heavy (non-hydrogen) atoms. The Morgan fingerprint density at radius 3 is 1.93 bits per heavy atom. The fraction of sp³-hybridized carbons (Fsp3) is 0.457. The fourth-order valence-electron chi connectivity index (χ4n) is 6.16. The van der Waals surface area contributed by atoms with Crippen LogP contribution in [0.1, 0.15) is 93.4 Å². The van der Waals surface area contributed by atoms with Crippen LogP contribution in [0.2, 0.25) is 0 Å². The second kappa shape index (κ2) is 13.8. The summed E-state index contributed by atoms with van der Waals surface area (Å²) >= 11 is 0. The topological polar surface area (TPSA) is 60.0 Å². The molecule has 0 radical (unpaired) electrons. The van der Waals surface area contributed by atoms with E-state index in [9.17, 15) is 4.79 Å². The number of carbonyl (C=O) groups is 1. The number of hydrogen-bond donors (Lipinski definition) is 1. The predicted octanol–water partition coefficient (Wildman–Crippen LogP) is 8.72. The van der Waals surface area contributed by atoms with Gasteiger partial charge in [-0.1, -0.05) is 76.2 Å². The van der Waals surface area contributed by atoms with Crippen molar-refractivity contribution in [2.24, 2.45) is 0 Å². The van der Waals surface area contributed by atoms with Gasteiger partial charge in [0.2, 0.25) is 5.75 Å². The minimum atomic E-state index is -0.0833. The summed E-state index contributed by atoms with van der Waals surface area (Å²) in [5.41, 5.74) is 5.51. The van der Waals surface area contributed by atoms with Gasteiger partial charge in [0.15, 0.2) is 11.5 Å². The number of anilines is 1. The molecular formula is C35H46N2O4. The molecule has 0 aromatic heterocycles. The largest absolute Gasteiger partial charge is 0.493 e. The van der Waals surface area contributed by atoms with Crippen LogP contribution in [-0.4, -0.2) is 38.3 Å². The van der Waals surface area contributed by atoms with E-state index in [4.69, 9.17) is 14.2 Å². The first-order chi connectivity index (χ1) is 19.8. The molecule has 0 unspecified atom stereocenters. The van der Waals surface area contributed by atoms with Gasteiger partial charge in [-0.05, 0) is 72.3 Å². The van der Waals surface area contributed by atoms with Gasteiger partial charge in [0.05, 0.1) is 27.9 Å². The normalized spacial score (nSPS) is 16.9. The van der Waals surface area contributed by atoms with Crippen molar-refractivity contribution in [3.8, 4) is 17.2 Å². The molecule has 4 rings (SSSR count). The monoisotopic (exact) mass is 558 g/mol. The Morgan fingerprint density at radius 2 is 1.39 bits per heavy atom. The Hall–Kier alpha value is -3.67. The van der Waals surface area contributed by atoms with Crippen molar-refractivity contribution in [1.82, 2.24) is 4.90 Å². The fourth-order valence-corrected chi connectivity index (χ4v) is 6.16. The summed E-state index contributed by atoms with van der Waals surface area (Å²) in [5, 5.41) is 3.38. The highest BCUT2D eigenvalue weighted by Gasteiger charge is 2.32. The molecule has 0 bridgehead atoms. The van der Waals surface area contributed by atoms with Gasteiger partial charge in [-0.2, -0.15) is 0 Å². The lowest BCUT2D eigenvalue weighted by atomic mass is 9.81. The van der Waals surface area contributed by atoms with Crippen molar-refractivity contribution in [2.45, 2.75) is 83.7 Å². The highest BCUT2D eigenvalue weighted by atomic mass is 16.5. The molecule has 6 heteroatoms. The number of para-hydroxylation sites is 1. The van der Waals surface area contributed by atoms with E-state index < -0.39 is 0 Å². The minimum Gasteiger partial charge on any atom is -0.493 e. The lowest BCUT2D eigenvalue weighted by Gasteiger charge is -2.38. The van der Waals surface area contributed by atoms with Gasteiger partial charge >= 0.3 is 6.03 Å². The van der Waals surface area contributed by atoms with Crippen molar-refractivity contribution < 1.29 is 19.0 Å². The minimum absolute atomic E-state index is 0.0833. The van der Waals surface area contributed by atoms with Crippen molar-refractivity contribution in [1.29, 1.82) is 0 Å². The second-order valence-electron chi connectivity index (χ2n) is 11.6. The van der Waals surface area contributed by atoms with Crippen molar-refractivity contribution in [3.63, 3.8) is 0 Å². The number of carbonyl (C=O) groups excluding carboxylic acids is 1. The van der Waals surface area contributed by atoms with Crippen molar-refractivity contribution in [3.05, 3.63) is 82.9 Å². The maximum atomic E-state index is 14.3. The molecule has 1 aliphatic rings. The lowest BCUT2D eigenvalue weighted by Crippen LogP contribution is -2.44. The SMILES string of the molecule is COc1ccc(CN(C(=O)Nc2c(C(C)C)cccc2C(C)C)C2CCC(c3ccccc3)CC2)c(OC)c1OC. The molecule has 2 amide bonds. The number of amides is 2. The standard InChI is InChI=1S/C35H46N2O4/c1-23(2)29-14-11-15-30(24(3)4)32(29)36-35(38)37(22-27-18-21-31(39-5)34(41-7)33(27)40-6)28-19-16-26(17-20-28)25-12-9-8-10-13-25/h8-15,18,21,23-24,26,28H,16-17,19-20,22H2,1-7H3,(H,36,38). The van der Waals surface area contributed by atoms with Gasteiger partial charge in [-0.3, -0.25) is 0 Å². The zero-order valence-corrected chi connectivity index (χ0v) is 25.7. The zero-order valence-electron chi connectivity index (χ0n) is 25.7. The van der Waals surface area contributed by atoms with Gasteiger partial charge in [0.1, 0.15) is 0 Å². The van der Waals surface area contributed by atoms with Crippen LogP contribution in [0, 0.1) is 0 Å². The zero-order chi connectivity index (χ0) is 29.5. The maximum absolute atomic E-state index is 14.3. The molecular weight excluding hydrogens is 512 g/mol. The molecule has 1 N–H and O–H groups in total. The van der Waals surface area contributed by atoms with Crippen LogP contribution in [0.4, 0.5) is 10.5 Å². The van der Waals surface area contributed by atoms with E-state index in [1.54, 1.807) is 21.3 Å². The van der Waals surface area contributed by atoms with E-state index >= 15 is 0 Å². The molecule has 1 aliphatic carbocycles. The third-order valence-electron chi connectivity index (χ3n) is 8.40. The van der Waals surface area contributed by atoms with E-state index in [0.717, 1.165) is 48.1 Å². The number of benzene rings is 3. The van der Waals surface area contributed by atoms with Crippen LogP contribution in [-0.2, 0) is 6.54 Å². The molecule has 3 aromatic carbocycles. The summed E-state index contributed by atoms with van der Waals surface area (Å²) in [6.07, 6.45) is 3.96. The molecule has 1 saturated carbocycles. The summed E-state index contributed by atoms with van der Waals surface area (Å²) in [4.78, 5) is 16.3. The number of urea groups is 1. The maximum Gasteiger partial charge on any atom is 0.322 e. The summed E-state index contributed by atoms with van der Waals surface area (Å²) in [7, 11) is 4.85. The first-order valence-electron chi connectivity index (χ1n) is 14.8. The van der Waals surface area contributed by atoms with E-state index in [-0.39, 0.29) is 23.9 Å². The van der Waals surface area contributed by atoms with Crippen LogP contribution in [0.5, 0.6) is 17.2 Å². The predicted molar refractivity (Wildman–Crippen MR) is 167 cm³/mol. The van der Waals surface area contributed by atoms with Crippen LogP contribution < -0.4 is 19.5 Å². The summed E-state index contributed by atoms with van der Waals surface area (Å²) in [6, 6.07) is 20.9. The van der Waals surface area contributed by atoms with E-state index in [2.05, 4.69) is 81.5 Å². The van der Waals surface area contributed by atoms with Crippen molar-refractivity contribution >= 4 is 11.7 Å². The third-order valence-corrected chi connectivity index (χ3v) is 8.40. The Labute approximate surface area is 246 Å². The molecule has 0 saturated heterocycles. The Balaban J connectivity index is 1.68. The Morgan fingerprint density at radius 1 is 0.780 bits per heavy atom. The summed E-state index contributed by atoms with van der Waals surface area (Å²) in [6.45, 7) is 9.09. The number of methoxy groups -OCH3 is 3. The van der Waals surface area contributed by atoms with E-state index in [1.165, 1.54) is 5.56 Å². The molecule has 0 aliphatic heterocycles. The van der Waals surface area contributed by atoms with Gasteiger partial charge in [0.25, 0.3) is 0 Å². The molecule has 220 valence electrons. The van der Waals surface area contributed by atoms with Crippen LogP contribution in [0.15, 0.2) is 60.7 Å². The molecule has 0 atom stereocenters. The van der Waals surface area contributed by atoms with Crippen LogP contribution in [0.25, 0.3) is 0 Å². The molecule has 3 aromatic rings. The average Bonchev–Trinajstić information content (AvgIpc) is 2.99. The number of hydrogen-bond acceptors (Lipinski definition) is 4. The molecule has 0 heterocycles. The summed E-state index contributed by atoms with van der Waals surface area (Å²) in [5.74, 6) is 2.80. The third kappa shape index (κ3) is 6.80. The van der Waals surface area contributed by atoms with Gasteiger partial charge in [-0.15, -0.1) is 0 Å². The first kappa shape index (κ1) is 30.3. The average molecular weight is 559 g/mol. The molecule has 6 nitrogen and oxygen atoms in total. The van der Waals surface area contributed by atoms with Gasteiger partial charge in [0, 0.05) is 17.3 Å². The first-order valence-corrected chi connectivity index (χ1v) is 14.8. The van der Waals surface area contributed by atoms with E-state index in [0.29, 0.717) is 29.7 Å². The van der Waals surface area contributed by atoms with E-state index in [1.807, 2.05) is 17.0 Å². The quantitative estimate of drug-likeness (QED) is 0.270. The number of rotatable bonds is 10. The van der Waals surface area contributed by atoms with Crippen molar-refractivity contribution in [2.75, 3.05) is 26.6 Å². The highest BCUT2D eigenvalue weighted by Crippen LogP contribution is 2.42. The summed E-state index contributed by atoms with van der Waals surface area (Å²) < 4.78 is 17.0. The van der Waals surface area contributed by atoms with Crippen LogP contribution >= 0.6 is 0 Å². The Kier molecular flexibility index (Phi) is 10.2. The molecule has 1 fully saturated rings. The Bertz CT molecular complexity index is 1270. The van der Waals surface area contributed by atoms with Crippen LogP contribution in [0.3, 0.4) is 0 Å².